The SMILES string of the molecule is COc1ccc(CCl)cc1CCl. The molecule has 1 aromatic rings. The van der Waals surface area contributed by atoms with Gasteiger partial charge in [0.1, 0.15) is 5.75 Å². The van der Waals surface area contributed by atoms with Crippen LogP contribution in [0.4, 0.5) is 0 Å². The monoisotopic (exact) mass is 204 g/mol. The van der Waals surface area contributed by atoms with E-state index in [0.717, 1.165) is 16.9 Å². The van der Waals surface area contributed by atoms with Crippen LogP contribution < -0.4 is 4.74 Å². The van der Waals surface area contributed by atoms with Crippen molar-refractivity contribution in [3.8, 4) is 5.75 Å². The topological polar surface area (TPSA) is 9.23 Å². The molecule has 0 radical (unpaired) electrons. The molecule has 1 nitrogen and oxygen atoms in total. The van der Waals surface area contributed by atoms with Crippen LogP contribution in [-0.2, 0) is 11.8 Å². The van der Waals surface area contributed by atoms with Crippen LogP contribution in [0, 0.1) is 0 Å². The van der Waals surface area contributed by atoms with E-state index in [-0.39, 0.29) is 0 Å². The average Bonchev–Trinajstić information content (AvgIpc) is 2.16. The van der Waals surface area contributed by atoms with Gasteiger partial charge in [0.2, 0.25) is 0 Å². The molecular weight excluding hydrogens is 195 g/mol. The number of hydrogen-bond acceptors (Lipinski definition) is 1. The smallest absolute Gasteiger partial charge is 0.123 e. The largest absolute Gasteiger partial charge is 0.496 e. The summed E-state index contributed by atoms with van der Waals surface area (Å²) in [6.45, 7) is 0. The van der Waals surface area contributed by atoms with Crippen LogP contribution in [0.2, 0.25) is 0 Å². The van der Waals surface area contributed by atoms with Gasteiger partial charge in [0.15, 0.2) is 0 Å². The zero-order valence-corrected chi connectivity index (χ0v) is 8.32. The standard InChI is InChI=1S/C9H10Cl2O/c1-12-9-3-2-7(5-10)4-8(9)6-11/h2-4H,5-6H2,1H3. The number of benzene rings is 1. The van der Waals surface area contributed by atoms with E-state index in [2.05, 4.69) is 0 Å². The molecule has 0 saturated carbocycles. The Kier molecular flexibility index (Phi) is 3.70. The van der Waals surface area contributed by atoms with Crippen molar-refractivity contribution in [2.24, 2.45) is 0 Å². The van der Waals surface area contributed by atoms with Crippen LogP contribution in [0.15, 0.2) is 18.2 Å². The molecule has 0 aromatic heterocycles. The van der Waals surface area contributed by atoms with E-state index in [0.29, 0.717) is 11.8 Å². The van der Waals surface area contributed by atoms with Crippen LogP contribution >= 0.6 is 23.2 Å². The maximum Gasteiger partial charge on any atom is 0.123 e. The first-order chi connectivity index (χ1) is 5.81. The number of alkyl halides is 2. The van der Waals surface area contributed by atoms with E-state index in [1.54, 1.807) is 7.11 Å². The highest BCUT2D eigenvalue weighted by Gasteiger charge is 2.01. The lowest BCUT2D eigenvalue weighted by Crippen LogP contribution is -1.90. The Morgan fingerprint density at radius 3 is 2.50 bits per heavy atom. The molecule has 0 spiro atoms. The number of hydrogen-bond donors (Lipinski definition) is 0. The summed E-state index contributed by atoms with van der Waals surface area (Å²) in [7, 11) is 1.63. The van der Waals surface area contributed by atoms with Gasteiger partial charge in [-0.2, -0.15) is 0 Å². The van der Waals surface area contributed by atoms with E-state index >= 15 is 0 Å². The van der Waals surface area contributed by atoms with Gasteiger partial charge in [0.25, 0.3) is 0 Å². The summed E-state index contributed by atoms with van der Waals surface area (Å²) in [5.41, 5.74) is 2.05. The highest BCUT2D eigenvalue weighted by atomic mass is 35.5. The molecule has 0 atom stereocenters. The molecular formula is C9H10Cl2O. The fourth-order valence-electron chi connectivity index (χ4n) is 1.02. The lowest BCUT2D eigenvalue weighted by atomic mass is 10.1. The van der Waals surface area contributed by atoms with Crippen molar-refractivity contribution < 1.29 is 4.74 Å². The number of halogens is 2. The van der Waals surface area contributed by atoms with Crippen molar-refractivity contribution in [3.05, 3.63) is 29.3 Å². The molecule has 0 N–H and O–H groups in total. The van der Waals surface area contributed by atoms with Gasteiger partial charge in [-0.3, -0.25) is 0 Å². The molecule has 12 heavy (non-hydrogen) atoms. The minimum atomic E-state index is 0.452. The minimum Gasteiger partial charge on any atom is -0.496 e. The quantitative estimate of drug-likeness (QED) is 0.688. The molecule has 0 aliphatic rings. The molecule has 0 fully saturated rings. The van der Waals surface area contributed by atoms with Crippen molar-refractivity contribution in [1.29, 1.82) is 0 Å². The summed E-state index contributed by atoms with van der Waals surface area (Å²) in [5.74, 6) is 1.78. The van der Waals surface area contributed by atoms with Gasteiger partial charge in [-0.1, -0.05) is 6.07 Å². The summed E-state index contributed by atoms with van der Waals surface area (Å²) < 4.78 is 5.11. The van der Waals surface area contributed by atoms with Crippen LogP contribution in [0.3, 0.4) is 0 Å². The summed E-state index contributed by atoms with van der Waals surface area (Å²) in [6.07, 6.45) is 0. The van der Waals surface area contributed by atoms with Gasteiger partial charge >= 0.3 is 0 Å². The summed E-state index contributed by atoms with van der Waals surface area (Å²) in [6, 6.07) is 5.77. The molecule has 66 valence electrons. The third-order valence-corrected chi connectivity index (χ3v) is 2.24. The van der Waals surface area contributed by atoms with Gasteiger partial charge in [-0.25, -0.2) is 0 Å². The Balaban J connectivity index is 3.02. The average molecular weight is 205 g/mol. The van der Waals surface area contributed by atoms with E-state index in [1.807, 2.05) is 18.2 Å². The first-order valence-electron chi connectivity index (χ1n) is 3.59. The second kappa shape index (κ2) is 4.58. The predicted molar refractivity (Wildman–Crippen MR) is 52.1 cm³/mol. The molecule has 1 rings (SSSR count). The van der Waals surface area contributed by atoms with E-state index in [4.69, 9.17) is 27.9 Å². The van der Waals surface area contributed by atoms with Crippen molar-refractivity contribution >= 4 is 23.2 Å². The van der Waals surface area contributed by atoms with Crippen LogP contribution in [0.25, 0.3) is 0 Å². The molecule has 0 aliphatic heterocycles. The molecule has 0 aliphatic carbocycles. The van der Waals surface area contributed by atoms with Crippen molar-refractivity contribution in [2.75, 3.05) is 7.11 Å². The number of methoxy groups -OCH3 is 1. The Labute approximate surface area is 82.2 Å². The summed E-state index contributed by atoms with van der Waals surface area (Å²) >= 11 is 11.4. The maximum absolute atomic E-state index is 5.72. The predicted octanol–water partition coefficient (Wildman–Crippen LogP) is 3.17. The fourth-order valence-corrected chi connectivity index (χ4v) is 1.39. The summed E-state index contributed by atoms with van der Waals surface area (Å²) in [4.78, 5) is 0. The van der Waals surface area contributed by atoms with Gasteiger partial charge in [0.05, 0.1) is 13.0 Å². The highest BCUT2D eigenvalue weighted by Crippen LogP contribution is 2.22. The van der Waals surface area contributed by atoms with Crippen LogP contribution in [0.5, 0.6) is 5.75 Å². The first-order valence-corrected chi connectivity index (χ1v) is 4.66. The van der Waals surface area contributed by atoms with Gasteiger partial charge in [-0.05, 0) is 17.7 Å². The molecule has 0 heterocycles. The molecule has 0 bridgehead atoms. The zero-order chi connectivity index (χ0) is 8.97. The Morgan fingerprint density at radius 2 is 2.00 bits per heavy atom. The van der Waals surface area contributed by atoms with E-state index in [9.17, 15) is 0 Å². The number of ether oxygens (including phenoxy) is 1. The molecule has 3 heteroatoms. The molecule has 0 amide bonds. The maximum atomic E-state index is 5.72. The highest BCUT2D eigenvalue weighted by molar-refractivity contribution is 6.17. The van der Waals surface area contributed by atoms with Crippen molar-refractivity contribution in [1.82, 2.24) is 0 Å². The Hall–Kier alpha value is -0.400. The lowest BCUT2D eigenvalue weighted by Gasteiger charge is -2.06. The van der Waals surface area contributed by atoms with Gasteiger partial charge in [0, 0.05) is 11.4 Å². The Morgan fingerprint density at radius 1 is 1.25 bits per heavy atom. The molecule has 0 unspecified atom stereocenters. The van der Waals surface area contributed by atoms with E-state index in [1.165, 1.54) is 0 Å². The minimum absolute atomic E-state index is 0.452. The number of rotatable bonds is 3. The van der Waals surface area contributed by atoms with E-state index < -0.39 is 0 Å². The first kappa shape index (κ1) is 9.69. The second-order valence-electron chi connectivity index (χ2n) is 2.41. The zero-order valence-electron chi connectivity index (χ0n) is 6.81. The third kappa shape index (κ3) is 2.05. The third-order valence-electron chi connectivity index (χ3n) is 1.64. The normalized spacial score (nSPS) is 9.92. The van der Waals surface area contributed by atoms with Gasteiger partial charge < -0.3 is 4.74 Å². The Bertz CT molecular complexity index is 261. The fraction of sp³-hybridized carbons (Fsp3) is 0.333. The van der Waals surface area contributed by atoms with Gasteiger partial charge in [-0.15, -0.1) is 23.2 Å². The lowest BCUT2D eigenvalue weighted by molar-refractivity contribution is 0.411. The van der Waals surface area contributed by atoms with Crippen LogP contribution in [-0.4, -0.2) is 7.11 Å². The summed E-state index contributed by atoms with van der Waals surface area (Å²) in [5, 5.41) is 0. The second-order valence-corrected chi connectivity index (χ2v) is 2.95. The van der Waals surface area contributed by atoms with Crippen LogP contribution in [0.1, 0.15) is 11.1 Å². The molecule has 0 saturated heterocycles. The molecule has 1 aromatic carbocycles. The van der Waals surface area contributed by atoms with Crippen molar-refractivity contribution in [3.63, 3.8) is 0 Å². The van der Waals surface area contributed by atoms with Crippen molar-refractivity contribution in [2.45, 2.75) is 11.8 Å².